The lowest BCUT2D eigenvalue weighted by molar-refractivity contribution is 0.386. The highest BCUT2D eigenvalue weighted by Gasteiger charge is 2.41. The van der Waals surface area contributed by atoms with Crippen molar-refractivity contribution in [2.45, 2.75) is 30.6 Å². The van der Waals surface area contributed by atoms with Gasteiger partial charge < -0.3 is 14.8 Å². The summed E-state index contributed by atoms with van der Waals surface area (Å²) in [4.78, 5) is 0. The van der Waals surface area contributed by atoms with Gasteiger partial charge in [-0.1, -0.05) is 6.07 Å². The summed E-state index contributed by atoms with van der Waals surface area (Å²) in [6.07, 6.45) is 4.86. The van der Waals surface area contributed by atoms with Gasteiger partial charge in [0.2, 0.25) is 0 Å². The van der Waals surface area contributed by atoms with Gasteiger partial charge in [0, 0.05) is 29.0 Å². The van der Waals surface area contributed by atoms with Gasteiger partial charge in [0.1, 0.15) is 11.5 Å². The lowest BCUT2D eigenvalue weighted by Gasteiger charge is -2.21. The highest BCUT2D eigenvalue weighted by Crippen LogP contribution is 2.46. The molecule has 0 radical (unpaired) electrons. The van der Waals surface area contributed by atoms with E-state index < -0.39 is 0 Å². The second-order valence-electron chi connectivity index (χ2n) is 5.10. The molecule has 19 heavy (non-hydrogen) atoms. The highest BCUT2D eigenvalue weighted by molar-refractivity contribution is 8.00. The van der Waals surface area contributed by atoms with Crippen LogP contribution in [0.3, 0.4) is 0 Å². The van der Waals surface area contributed by atoms with E-state index in [0.29, 0.717) is 4.75 Å². The SMILES string of the molecule is COc1ccc(C(C)NCC2(SC)CC2)c(OC)c1. The third kappa shape index (κ3) is 3.37. The lowest BCUT2D eigenvalue weighted by Crippen LogP contribution is -2.28. The fourth-order valence-corrected chi connectivity index (χ4v) is 2.96. The van der Waals surface area contributed by atoms with Crippen LogP contribution in [-0.4, -0.2) is 31.8 Å². The second-order valence-corrected chi connectivity index (χ2v) is 6.37. The minimum Gasteiger partial charge on any atom is -0.497 e. The van der Waals surface area contributed by atoms with Crippen molar-refractivity contribution in [1.29, 1.82) is 0 Å². The predicted octanol–water partition coefficient (Wildman–Crippen LogP) is 3.25. The highest BCUT2D eigenvalue weighted by atomic mass is 32.2. The van der Waals surface area contributed by atoms with E-state index >= 15 is 0 Å². The lowest BCUT2D eigenvalue weighted by atomic mass is 10.1. The number of hydrogen-bond donors (Lipinski definition) is 1. The van der Waals surface area contributed by atoms with E-state index in [2.05, 4.69) is 24.6 Å². The molecule has 0 aliphatic heterocycles. The van der Waals surface area contributed by atoms with Crippen LogP contribution in [0, 0.1) is 0 Å². The molecule has 0 heterocycles. The van der Waals surface area contributed by atoms with Crippen LogP contribution in [0.25, 0.3) is 0 Å². The van der Waals surface area contributed by atoms with Crippen molar-refractivity contribution < 1.29 is 9.47 Å². The summed E-state index contributed by atoms with van der Waals surface area (Å²) >= 11 is 1.98. The maximum absolute atomic E-state index is 5.46. The number of methoxy groups -OCH3 is 2. The molecule has 1 aliphatic rings. The number of hydrogen-bond acceptors (Lipinski definition) is 4. The van der Waals surface area contributed by atoms with Crippen molar-refractivity contribution in [2.24, 2.45) is 0 Å². The summed E-state index contributed by atoms with van der Waals surface area (Å²) in [5.74, 6) is 1.71. The van der Waals surface area contributed by atoms with Gasteiger partial charge in [-0.15, -0.1) is 0 Å². The zero-order chi connectivity index (χ0) is 13.9. The van der Waals surface area contributed by atoms with Crippen molar-refractivity contribution in [2.75, 3.05) is 27.0 Å². The third-order valence-corrected chi connectivity index (χ3v) is 5.30. The summed E-state index contributed by atoms with van der Waals surface area (Å²) < 4.78 is 11.2. The number of benzene rings is 1. The molecule has 0 bridgehead atoms. The molecular formula is C15H23NO2S. The van der Waals surface area contributed by atoms with E-state index in [-0.39, 0.29) is 6.04 Å². The van der Waals surface area contributed by atoms with Gasteiger partial charge in [0.25, 0.3) is 0 Å². The first kappa shape index (κ1) is 14.5. The molecule has 1 unspecified atom stereocenters. The minimum absolute atomic E-state index is 0.283. The van der Waals surface area contributed by atoms with Gasteiger partial charge in [-0.05, 0) is 32.1 Å². The molecule has 1 aromatic carbocycles. The maximum atomic E-state index is 5.46. The van der Waals surface area contributed by atoms with E-state index in [1.165, 1.54) is 18.4 Å². The van der Waals surface area contributed by atoms with E-state index in [0.717, 1.165) is 18.0 Å². The van der Waals surface area contributed by atoms with Crippen LogP contribution in [0.1, 0.15) is 31.4 Å². The summed E-state index contributed by atoms with van der Waals surface area (Å²) in [6.45, 7) is 3.24. The standard InChI is InChI=1S/C15H23NO2S/c1-11(16-10-15(19-4)7-8-15)13-6-5-12(17-2)9-14(13)18-3/h5-6,9,11,16H,7-8,10H2,1-4H3. The van der Waals surface area contributed by atoms with E-state index in [4.69, 9.17) is 9.47 Å². The summed E-state index contributed by atoms with van der Waals surface area (Å²) in [5.41, 5.74) is 1.18. The Labute approximate surface area is 120 Å². The molecular weight excluding hydrogens is 258 g/mol. The van der Waals surface area contributed by atoms with Crippen LogP contribution in [0.5, 0.6) is 11.5 Å². The number of thioether (sulfide) groups is 1. The van der Waals surface area contributed by atoms with Crippen LogP contribution < -0.4 is 14.8 Å². The predicted molar refractivity (Wildman–Crippen MR) is 81.4 cm³/mol. The molecule has 0 aromatic heterocycles. The summed E-state index contributed by atoms with van der Waals surface area (Å²) in [5, 5.41) is 3.62. The van der Waals surface area contributed by atoms with Crippen molar-refractivity contribution in [3.63, 3.8) is 0 Å². The molecule has 1 fully saturated rings. The van der Waals surface area contributed by atoms with Gasteiger partial charge in [-0.2, -0.15) is 11.8 Å². The van der Waals surface area contributed by atoms with E-state index in [9.17, 15) is 0 Å². The smallest absolute Gasteiger partial charge is 0.127 e. The van der Waals surface area contributed by atoms with Crippen molar-refractivity contribution in [3.8, 4) is 11.5 Å². The molecule has 1 aliphatic carbocycles. The van der Waals surface area contributed by atoms with Crippen molar-refractivity contribution in [1.82, 2.24) is 5.32 Å². The molecule has 4 heteroatoms. The molecule has 0 amide bonds. The quantitative estimate of drug-likeness (QED) is 0.831. The average molecular weight is 281 g/mol. The monoisotopic (exact) mass is 281 g/mol. The topological polar surface area (TPSA) is 30.5 Å². The molecule has 1 N–H and O–H groups in total. The normalized spacial score (nSPS) is 17.9. The fourth-order valence-electron chi connectivity index (χ4n) is 2.22. The van der Waals surface area contributed by atoms with Gasteiger partial charge in [-0.25, -0.2) is 0 Å². The molecule has 106 valence electrons. The number of nitrogens with one attached hydrogen (secondary N) is 1. The van der Waals surface area contributed by atoms with Gasteiger partial charge in [0.15, 0.2) is 0 Å². The van der Waals surface area contributed by atoms with Gasteiger partial charge in [-0.3, -0.25) is 0 Å². The number of rotatable bonds is 7. The van der Waals surface area contributed by atoms with E-state index in [1.807, 2.05) is 23.9 Å². The van der Waals surface area contributed by atoms with Crippen molar-refractivity contribution in [3.05, 3.63) is 23.8 Å². The molecule has 1 aromatic rings. The second kappa shape index (κ2) is 6.06. The first-order valence-electron chi connectivity index (χ1n) is 6.64. The molecule has 2 rings (SSSR count). The Bertz CT molecular complexity index is 432. The molecule has 3 nitrogen and oxygen atoms in total. The average Bonchev–Trinajstić information content (AvgIpc) is 3.24. The maximum Gasteiger partial charge on any atom is 0.127 e. The Balaban J connectivity index is 2.03. The Morgan fingerprint density at radius 1 is 1.32 bits per heavy atom. The Kier molecular flexibility index (Phi) is 4.63. The molecule has 1 saturated carbocycles. The van der Waals surface area contributed by atoms with Crippen LogP contribution in [0.4, 0.5) is 0 Å². The number of ether oxygens (including phenoxy) is 2. The van der Waals surface area contributed by atoms with Crippen LogP contribution in [0.15, 0.2) is 18.2 Å². The summed E-state index contributed by atoms with van der Waals surface area (Å²) in [7, 11) is 3.38. The van der Waals surface area contributed by atoms with E-state index in [1.54, 1.807) is 14.2 Å². The van der Waals surface area contributed by atoms with Gasteiger partial charge >= 0.3 is 0 Å². The third-order valence-electron chi connectivity index (χ3n) is 3.88. The zero-order valence-electron chi connectivity index (χ0n) is 12.2. The fraction of sp³-hybridized carbons (Fsp3) is 0.600. The Morgan fingerprint density at radius 2 is 2.05 bits per heavy atom. The van der Waals surface area contributed by atoms with Gasteiger partial charge in [0.05, 0.1) is 14.2 Å². The van der Waals surface area contributed by atoms with Crippen LogP contribution >= 0.6 is 11.8 Å². The largest absolute Gasteiger partial charge is 0.497 e. The zero-order valence-corrected chi connectivity index (χ0v) is 13.0. The molecule has 0 saturated heterocycles. The van der Waals surface area contributed by atoms with Crippen molar-refractivity contribution >= 4 is 11.8 Å². The Morgan fingerprint density at radius 3 is 2.58 bits per heavy atom. The minimum atomic E-state index is 0.283. The van der Waals surface area contributed by atoms with Crippen LogP contribution in [-0.2, 0) is 0 Å². The van der Waals surface area contributed by atoms with Crippen LogP contribution in [0.2, 0.25) is 0 Å². The Hall–Kier alpha value is -0.870. The first-order valence-corrected chi connectivity index (χ1v) is 7.87. The first-order chi connectivity index (χ1) is 9.14. The summed E-state index contributed by atoms with van der Waals surface area (Å²) in [6, 6.07) is 6.28. The molecule has 1 atom stereocenters. The molecule has 0 spiro atoms.